The molecule has 2 aromatic heterocycles. The number of carbonyl (C=O) groups is 1. The first kappa shape index (κ1) is 22.0. The van der Waals surface area contributed by atoms with E-state index in [0.29, 0.717) is 46.9 Å². The molecule has 1 N–H and O–H groups in total. The van der Waals surface area contributed by atoms with Gasteiger partial charge in [0.15, 0.2) is 23.8 Å². The van der Waals surface area contributed by atoms with Gasteiger partial charge < -0.3 is 19.5 Å². The molecule has 0 fully saturated rings. The lowest BCUT2D eigenvalue weighted by Gasteiger charge is -2.19. The highest BCUT2D eigenvalue weighted by atomic mass is 35.5. The van der Waals surface area contributed by atoms with Crippen LogP contribution in [-0.4, -0.2) is 40.5 Å². The van der Waals surface area contributed by atoms with E-state index in [4.69, 9.17) is 25.8 Å². The molecule has 1 amide bonds. The molecule has 0 aliphatic carbocycles. The molecule has 0 saturated heterocycles. The van der Waals surface area contributed by atoms with Crippen molar-refractivity contribution in [1.82, 2.24) is 14.8 Å². The van der Waals surface area contributed by atoms with Gasteiger partial charge in [-0.25, -0.2) is 4.68 Å². The number of ether oxygens (including phenoxy) is 3. The fraction of sp³-hybridized carbons (Fsp3) is 0.240. The summed E-state index contributed by atoms with van der Waals surface area (Å²) < 4.78 is 18.6. The molecule has 0 bridgehead atoms. The summed E-state index contributed by atoms with van der Waals surface area (Å²) in [5.74, 6) is 1.29. The minimum absolute atomic E-state index is 0.199. The minimum atomic E-state index is -0.313. The molecule has 0 atom stereocenters. The SMILES string of the molecule is Cc1c(Cl)cccc1-n1nc(C)c2c(C)cc(OCC(=O)Nc3ccc4c(c3)OCCO4)nc21. The van der Waals surface area contributed by atoms with Gasteiger partial charge in [0.1, 0.15) is 13.2 Å². The van der Waals surface area contributed by atoms with Crippen LogP contribution in [0.2, 0.25) is 5.02 Å². The second-order valence-electron chi connectivity index (χ2n) is 8.05. The molecule has 0 saturated carbocycles. The largest absolute Gasteiger partial charge is 0.486 e. The lowest BCUT2D eigenvalue weighted by atomic mass is 10.1. The number of hydrogen-bond acceptors (Lipinski definition) is 6. The van der Waals surface area contributed by atoms with Crippen molar-refractivity contribution < 1.29 is 19.0 Å². The first-order valence-electron chi connectivity index (χ1n) is 10.9. The van der Waals surface area contributed by atoms with Crippen LogP contribution in [0.25, 0.3) is 16.7 Å². The Bertz CT molecular complexity index is 1420. The first-order valence-corrected chi connectivity index (χ1v) is 11.2. The normalized spacial score (nSPS) is 12.6. The third-order valence-corrected chi connectivity index (χ3v) is 6.04. The number of amides is 1. The van der Waals surface area contributed by atoms with E-state index in [9.17, 15) is 4.79 Å². The topological polar surface area (TPSA) is 87.5 Å². The number of benzene rings is 2. The maximum absolute atomic E-state index is 12.5. The summed E-state index contributed by atoms with van der Waals surface area (Å²) in [6.07, 6.45) is 0. The Morgan fingerprint density at radius 1 is 1.12 bits per heavy atom. The monoisotopic (exact) mass is 478 g/mol. The Kier molecular flexibility index (Phi) is 5.75. The molecular weight excluding hydrogens is 456 g/mol. The number of aryl methyl sites for hydroxylation is 2. The van der Waals surface area contributed by atoms with Crippen molar-refractivity contribution in [3.8, 4) is 23.1 Å². The number of anilines is 1. The van der Waals surface area contributed by atoms with Gasteiger partial charge in [-0.3, -0.25) is 4.79 Å². The molecule has 0 spiro atoms. The first-order chi connectivity index (χ1) is 16.4. The summed E-state index contributed by atoms with van der Waals surface area (Å²) in [7, 11) is 0. The van der Waals surface area contributed by atoms with Crippen molar-refractivity contribution in [2.45, 2.75) is 20.8 Å². The summed E-state index contributed by atoms with van der Waals surface area (Å²) in [4.78, 5) is 17.2. The molecule has 9 heteroatoms. The van der Waals surface area contributed by atoms with Gasteiger partial charge in [0.05, 0.1) is 11.4 Å². The number of rotatable bonds is 5. The van der Waals surface area contributed by atoms with E-state index in [1.54, 1.807) is 22.9 Å². The number of nitrogens with one attached hydrogen (secondary N) is 1. The average Bonchev–Trinajstić information content (AvgIpc) is 3.16. The number of fused-ring (bicyclic) bond motifs is 2. The Morgan fingerprint density at radius 2 is 1.91 bits per heavy atom. The molecule has 0 unspecified atom stereocenters. The van der Waals surface area contributed by atoms with Crippen molar-refractivity contribution in [3.63, 3.8) is 0 Å². The van der Waals surface area contributed by atoms with Crippen LogP contribution in [-0.2, 0) is 4.79 Å². The minimum Gasteiger partial charge on any atom is -0.486 e. The van der Waals surface area contributed by atoms with Crippen molar-refractivity contribution >= 4 is 34.2 Å². The van der Waals surface area contributed by atoms with Gasteiger partial charge in [0, 0.05) is 28.2 Å². The number of aromatic nitrogens is 3. The van der Waals surface area contributed by atoms with Gasteiger partial charge in [0.25, 0.3) is 5.91 Å². The number of halogens is 1. The van der Waals surface area contributed by atoms with E-state index < -0.39 is 0 Å². The fourth-order valence-corrected chi connectivity index (χ4v) is 4.17. The molecule has 8 nitrogen and oxygen atoms in total. The van der Waals surface area contributed by atoms with Gasteiger partial charge in [-0.1, -0.05) is 17.7 Å². The fourth-order valence-electron chi connectivity index (χ4n) is 4.00. The molecule has 2 aromatic carbocycles. The molecule has 174 valence electrons. The standard InChI is InChI=1S/C25H23ClN4O4/c1-14-11-23(34-13-22(31)27-17-7-8-20-21(12-17)33-10-9-32-20)28-25-24(14)16(3)29-30(25)19-6-4-5-18(26)15(19)2/h4-8,11-12H,9-10,13H2,1-3H3,(H,27,31). The highest BCUT2D eigenvalue weighted by molar-refractivity contribution is 6.31. The van der Waals surface area contributed by atoms with Crippen LogP contribution < -0.4 is 19.5 Å². The molecule has 3 heterocycles. The van der Waals surface area contributed by atoms with E-state index in [-0.39, 0.29) is 12.5 Å². The van der Waals surface area contributed by atoms with Crippen molar-refractivity contribution in [1.29, 1.82) is 0 Å². The number of pyridine rings is 1. The lowest BCUT2D eigenvalue weighted by molar-refractivity contribution is -0.118. The summed E-state index contributed by atoms with van der Waals surface area (Å²) in [6, 6.07) is 12.7. The molecule has 1 aliphatic heterocycles. The average molecular weight is 479 g/mol. The van der Waals surface area contributed by atoms with Gasteiger partial charge in [-0.15, -0.1) is 0 Å². The zero-order chi connectivity index (χ0) is 23.8. The van der Waals surface area contributed by atoms with Crippen LogP contribution >= 0.6 is 11.6 Å². The van der Waals surface area contributed by atoms with Gasteiger partial charge in [-0.05, 0) is 56.2 Å². The molecule has 5 rings (SSSR count). The van der Waals surface area contributed by atoms with Gasteiger partial charge in [0.2, 0.25) is 5.88 Å². The predicted octanol–water partition coefficient (Wildman–Crippen LogP) is 4.79. The van der Waals surface area contributed by atoms with Crippen LogP contribution in [0.3, 0.4) is 0 Å². The van der Waals surface area contributed by atoms with Crippen LogP contribution in [0.4, 0.5) is 5.69 Å². The Balaban J connectivity index is 1.37. The van der Waals surface area contributed by atoms with Crippen molar-refractivity contribution in [2.24, 2.45) is 0 Å². The summed E-state index contributed by atoms with van der Waals surface area (Å²) in [6.45, 7) is 6.64. The number of hydrogen-bond donors (Lipinski definition) is 1. The van der Waals surface area contributed by atoms with Crippen LogP contribution in [0.5, 0.6) is 17.4 Å². The van der Waals surface area contributed by atoms with Gasteiger partial charge >= 0.3 is 0 Å². The Labute approximate surface area is 201 Å². The number of nitrogens with zero attached hydrogens (tertiary/aromatic N) is 3. The van der Waals surface area contributed by atoms with E-state index in [1.165, 1.54) is 0 Å². The Morgan fingerprint density at radius 3 is 2.74 bits per heavy atom. The molecule has 34 heavy (non-hydrogen) atoms. The van der Waals surface area contributed by atoms with E-state index >= 15 is 0 Å². The quantitative estimate of drug-likeness (QED) is 0.444. The highest BCUT2D eigenvalue weighted by Crippen LogP contribution is 2.33. The van der Waals surface area contributed by atoms with Gasteiger partial charge in [-0.2, -0.15) is 10.1 Å². The third-order valence-electron chi connectivity index (χ3n) is 5.63. The summed E-state index contributed by atoms with van der Waals surface area (Å²) >= 11 is 6.33. The van der Waals surface area contributed by atoms with E-state index in [2.05, 4.69) is 15.4 Å². The molecule has 4 aromatic rings. The highest BCUT2D eigenvalue weighted by Gasteiger charge is 2.18. The van der Waals surface area contributed by atoms with Crippen LogP contribution in [0.1, 0.15) is 16.8 Å². The number of carbonyl (C=O) groups excluding carboxylic acids is 1. The smallest absolute Gasteiger partial charge is 0.262 e. The maximum atomic E-state index is 12.5. The molecule has 0 radical (unpaired) electrons. The zero-order valence-electron chi connectivity index (χ0n) is 19.0. The maximum Gasteiger partial charge on any atom is 0.262 e. The lowest BCUT2D eigenvalue weighted by Crippen LogP contribution is -2.21. The van der Waals surface area contributed by atoms with E-state index in [0.717, 1.165) is 27.9 Å². The van der Waals surface area contributed by atoms with Crippen LogP contribution in [0.15, 0.2) is 42.5 Å². The van der Waals surface area contributed by atoms with Crippen molar-refractivity contribution in [2.75, 3.05) is 25.1 Å². The zero-order valence-corrected chi connectivity index (χ0v) is 19.8. The Hall–Kier alpha value is -3.78. The summed E-state index contributed by atoms with van der Waals surface area (Å²) in [5, 5.41) is 9.09. The second-order valence-corrected chi connectivity index (χ2v) is 8.46. The molecule has 1 aliphatic rings. The summed E-state index contributed by atoms with van der Waals surface area (Å²) in [5.41, 5.74) is 4.79. The second kappa shape index (κ2) is 8.87. The third kappa shape index (κ3) is 4.12. The van der Waals surface area contributed by atoms with Crippen molar-refractivity contribution in [3.05, 3.63) is 64.3 Å². The van der Waals surface area contributed by atoms with Crippen LogP contribution in [0, 0.1) is 20.8 Å². The van der Waals surface area contributed by atoms with E-state index in [1.807, 2.05) is 45.0 Å². The molecular formula is C25H23ClN4O4. The predicted molar refractivity (Wildman–Crippen MR) is 130 cm³/mol.